The van der Waals surface area contributed by atoms with E-state index < -0.39 is 15.8 Å². The number of piperidine rings is 1. The average Bonchev–Trinajstić information content (AvgIpc) is 3.29. The Morgan fingerprint density at radius 3 is 2.45 bits per heavy atom. The lowest BCUT2D eigenvalue weighted by atomic mass is 10.1. The zero-order valence-corrected chi connectivity index (χ0v) is 17.7. The molecule has 1 amide bonds. The summed E-state index contributed by atoms with van der Waals surface area (Å²) < 4.78 is 42.8. The number of halogens is 1. The summed E-state index contributed by atoms with van der Waals surface area (Å²) in [6, 6.07) is 10.8. The van der Waals surface area contributed by atoms with Crippen LogP contribution in [0.4, 0.5) is 10.1 Å². The van der Waals surface area contributed by atoms with Crippen molar-refractivity contribution in [3.05, 3.63) is 72.6 Å². The number of imidazole rings is 1. The summed E-state index contributed by atoms with van der Waals surface area (Å²) in [4.78, 5) is 16.5. The largest absolute Gasteiger partial charge is 0.326 e. The number of anilines is 1. The molecule has 2 aromatic carbocycles. The molecule has 0 atom stereocenters. The van der Waals surface area contributed by atoms with E-state index in [1.54, 1.807) is 41.2 Å². The average molecular weight is 443 g/mol. The number of nitrogens with one attached hydrogen (secondary N) is 1. The van der Waals surface area contributed by atoms with E-state index in [-0.39, 0.29) is 17.2 Å². The summed E-state index contributed by atoms with van der Waals surface area (Å²) in [5.41, 5.74) is 1.35. The molecule has 31 heavy (non-hydrogen) atoms. The summed E-state index contributed by atoms with van der Waals surface area (Å²) in [7, 11) is -3.50. The molecule has 0 unspecified atom stereocenters. The number of benzene rings is 2. The molecular formula is C22H23FN4O3S. The SMILES string of the molecule is O=C(Cc1ccc(S(=O)(=O)N2CCCCC2)cc1)Nc1ccc(-n2ccnc2)c(F)c1. The third kappa shape index (κ3) is 4.83. The number of rotatable bonds is 6. The minimum atomic E-state index is -3.50. The lowest BCUT2D eigenvalue weighted by Gasteiger charge is -2.25. The fraction of sp³-hybridized carbons (Fsp3) is 0.273. The minimum Gasteiger partial charge on any atom is -0.326 e. The van der Waals surface area contributed by atoms with Crippen LogP contribution in [-0.4, -0.2) is 41.3 Å². The number of carbonyl (C=O) groups is 1. The molecule has 2 heterocycles. The standard InChI is InChI=1S/C22H23FN4O3S/c23-20-15-18(6-9-21(20)26-13-10-24-16-26)25-22(28)14-17-4-7-19(8-5-17)31(29,30)27-11-2-1-3-12-27/h4-10,13,15-16H,1-3,11-12,14H2,(H,25,28). The first kappa shape index (κ1) is 21.2. The van der Waals surface area contributed by atoms with Crippen molar-refractivity contribution in [1.29, 1.82) is 0 Å². The van der Waals surface area contributed by atoms with Crippen molar-refractivity contribution in [2.24, 2.45) is 0 Å². The van der Waals surface area contributed by atoms with Gasteiger partial charge in [0.15, 0.2) is 0 Å². The number of nitrogens with zero attached hydrogens (tertiary/aromatic N) is 3. The van der Waals surface area contributed by atoms with Crippen LogP contribution < -0.4 is 5.32 Å². The van der Waals surface area contributed by atoms with E-state index in [1.807, 2.05) is 0 Å². The van der Waals surface area contributed by atoms with Crippen molar-refractivity contribution >= 4 is 21.6 Å². The van der Waals surface area contributed by atoms with E-state index in [0.29, 0.717) is 30.0 Å². The Morgan fingerprint density at radius 2 is 1.81 bits per heavy atom. The van der Waals surface area contributed by atoms with Crippen molar-refractivity contribution in [3.8, 4) is 5.69 Å². The summed E-state index contributed by atoms with van der Waals surface area (Å²) in [5.74, 6) is -0.801. The van der Waals surface area contributed by atoms with Crippen molar-refractivity contribution < 1.29 is 17.6 Å². The smallest absolute Gasteiger partial charge is 0.243 e. The van der Waals surface area contributed by atoms with Crippen molar-refractivity contribution in [1.82, 2.24) is 13.9 Å². The normalized spacial score (nSPS) is 15.0. The first-order valence-corrected chi connectivity index (χ1v) is 11.5. The van der Waals surface area contributed by atoms with Crippen LogP contribution in [0, 0.1) is 5.82 Å². The third-order valence-electron chi connectivity index (χ3n) is 5.25. The Kier molecular flexibility index (Phi) is 6.15. The van der Waals surface area contributed by atoms with Crippen LogP contribution in [0.1, 0.15) is 24.8 Å². The van der Waals surface area contributed by atoms with Crippen LogP contribution in [0.5, 0.6) is 0 Å². The fourth-order valence-electron chi connectivity index (χ4n) is 3.62. The Balaban J connectivity index is 1.39. The van der Waals surface area contributed by atoms with E-state index in [1.165, 1.54) is 28.8 Å². The molecule has 1 aliphatic heterocycles. The maximum Gasteiger partial charge on any atom is 0.243 e. The molecule has 1 aliphatic rings. The highest BCUT2D eigenvalue weighted by Crippen LogP contribution is 2.22. The Labute approximate surface area is 180 Å². The number of hydrogen-bond donors (Lipinski definition) is 1. The van der Waals surface area contributed by atoms with Gasteiger partial charge in [-0.25, -0.2) is 17.8 Å². The topological polar surface area (TPSA) is 84.3 Å². The summed E-state index contributed by atoms with van der Waals surface area (Å²) in [5, 5.41) is 2.67. The monoisotopic (exact) mass is 442 g/mol. The van der Waals surface area contributed by atoms with Gasteiger partial charge >= 0.3 is 0 Å². The van der Waals surface area contributed by atoms with E-state index in [4.69, 9.17) is 0 Å². The van der Waals surface area contributed by atoms with Gasteiger partial charge in [-0.05, 0) is 48.7 Å². The van der Waals surface area contributed by atoms with Crippen LogP contribution >= 0.6 is 0 Å². The van der Waals surface area contributed by atoms with Gasteiger partial charge in [0.1, 0.15) is 5.82 Å². The first-order valence-electron chi connectivity index (χ1n) is 10.1. The Hall–Kier alpha value is -3.04. The fourth-order valence-corrected chi connectivity index (χ4v) is 5.14. The summed E-state index contributed by atoms with van der Waals surface area (Å²) >= 11 is 0. The molecule has 0 spiro atoms. The van der Waals surface area contributed by atoms with Gasteiger partial charge in [0.05, 0.1) is 23.3 Å². The zero-order chi connectivity index (χ0) is 21.8. The van der Waals surface area contributed by atoms with Crippen LogP contribution in [-0.2, 0) is 21.2 Å². The molecule has 0 bridgehead atoms. The molecule has 0 radical (unpaired) electrons. The highest BCUT2D eigenvalue weighted by molar-refractivity contribution is 7.89. The Morgan fingerprint density at radius 1 is 1.06 bits per heavy atom. The van der Waals surface area contributed by atoms with Gasteiger partial charge in [-0.3, -0.25) is 4.79 Å². The Bertz CT molecular complexity index is 1160. The van der Waals surface area contributed by atoms with E-state index in [2.05, 4.69) is 10.3 Å². The molecule has 162 valence electrons. The quantitative estimate of drug-likeness (QED) is 0.634. The molecule has 0 saturated carbocycles. The van der Waals surface area contributed by atoms with Crippen molar-refractivity contribution in [3.63, 3.8) is 0 Å². The van der Waals surface area contributed by atoms with Gasteiger partial charge < -0.3 is 9.88 Å². The molecule has 9 heteroatoms. The molecule has 4 rings (SSSR count). The molecular weight excluding hydrogens is 419 g/mol. The van der Waals surface area contributed by atoms with Gasteiger partial charge in [0.2, 0.25) is 15.9 Å². The molecule has 7 nitrogen and oxygen atoms in total. The predicted molar refractivity (Wildman–Crippen MR) is 115 cm³/mol. The first-order chi connectivity index (χ1) is 14.9. The molecule has 0 aliphatic carbocycles. The van der Waals surface area contributed by atoms with Crippen molar-refractivity contribution in [2.75, 3.05) is 18.4 Å². The molecule has 1 saturated heterocycles. The summed E-state index contributed by atoms with van der Waals surface area (Å²) in [6.07, 6.45) is 7.53. The lowest BCUT2D eigenvalue weighted by molar-refractivity contribution is -0.115. The number of aromatic nitrogens is 2. The van der Waals surface area contributed by atoms with E-state index in [9.17, 15) is 17.6 Å². The molecule has 1 aromatic heterocycles. The second-order valence-electron chi connectivity index (χ2n) is 7.47. The minimum absolute atomic E-state index is 0.0505. The maximum atomic E-state index is 14.3. The summed E-state index contributed by atoms with van der Waals surface area (Å²) in [6.45, 7) is 1.09. The number of amides is 1. The molecule has 3 aromatic rings. The van der Waals surface area contributed by atoms with E-state index >= 15 is 0 Å². The van der Waals surface area contributed by atoms with Crippen LogP contribution in [0.15, 0.2) is 66.1 Å². The molecule has 1 N–H and O–H groups in total. The highest BCUT2D eigenvalue weighted by Gasteiger charge is 2.25. The van der Waals surface area contributed by atoms with Gasteiger partial charge in [-0.1, -0.05) is 18.6 Å². The van der Waals surface area contributed by atoms with Gasteiger partial charge in [0, 0.05) is 31.2 Å². The van der Waals surface area contributed by atoms with Crippen LogP contribution in [0.2, 0.25) is 0 Å². The predicted octanol–water partition coefficient (Wildman–Crippen LogP) is 3.37. The lowest BCUT2D eigenvalue weighted by Crippen LogP contribution is -2.35. The second kappa shape index (κ2) is 8.99. The third-order valence-corrected chi connectivity index (χ3v) is 7.17. The second-order valence-corrected chi connectivity index (χ2v) is 9.41. The number of hydrogen-bond acceptors (Lipinski definition) is 4. The van der Waals surface area contributed by atoms with Crippen LogP contribution in [0.3, 0.4) is 0 Å². The van der Waals surface area contributed by atoms with Gasteiger partial charge in [-0.2, -0.15) is 4.31 Å². The zero-order valence-electron chi connectivity index (χ0n) is 16.9. The van der Waals surface area contributed by atoms with Gasteiger partial charge in [0.25, 0.3) is 0 Å². The molecule has 1 fully saturated rings. The van der Waals surface area contributed by atoms with E-state index in [0.717, 1.165) is 19.3 Å². The maximum absolute atomic E-state index is 14.3. The van der Waals surface area contributed by atoms with Gasteiger partial charge in [-0.15, -0.1) is 0 Å². The van der Waals surface area contributed by atoms with Crippen molar-refractivity contribution in [2.45, 2.75) is 30.6 Å². The number of carbonyl (C=O) groups excluding carboxylic acids is 1. The highest BCUT2D eigenvalue weighted by atomic mass is 32.2. The van der Waals surface area contributed by atoms with Crippen LogP contribution in [0.25, 0.3) is 5.69 Å². The number of sulfonamides is 1.